The zero-order chi connectivity index (χ0) is 11.5. The van der Waals surface area contributed by atoms with Crippen molar-refractivity contribution < 1.29 is 23.0 Å². The third kappa shape index (κ3) is 2.68. The van der Waals surface area contributed by atoms with Crippen molar-refractivity contribution in [2.45, 2.75) is 25.6 Å². The zero-order valence-electron chi connectivity index (χ0n) is 8.90. The van der Waals surface area contributed by atoms with Gasteiger partial charge in [0, 0.05) is 32.2 Å². The third-order valence-electron chi connectivity index (χ3n) is 3.03. The van der Waals surface area contributed by atoms with E-state index in [1.54, 1.807) is 4.90 Å². The predicted octanol–water partition coefficient (Wildman–Crippen LogP) is 0.863. The normalized spacial score (nSPS) is 23.6. The number of likely N-dealkylation sites (tertiary alicyclic amines) is 1. The molecule has 0 saturated carbocycles. The highest BCUT2D eigenvalue weighted by Gasteiger charge is 2.36. The van der Waals surface area contributed by atoms with Crippen LogP contribution in [0.3, 0.4) is 0 Å². The second kappa shape index (κ2) is 5.05. The molecule has 0 radical (unpaired) electrons. The van der Waals surface area contributed by atoms with E-state index in [1.165, 1.54) is 0 Å². The maximum absolute atomic E-state index is 11.8. The monoisotopic (exact) mass is 235 g/mol. The first-order chi connectivity index (χ1) is 7.66. The fourth-order valence-electron chi connectivity index (χ4n) is 2.05. The van der Waals surface area contributed by atoms with Crippen LogP contribution in [0, 0.1) is 5.92 Å². The van der Waals surface area contributed by atoms with E-state index in [0.717, 1.165) is 12.8 Å². The van der Waals surface area contributed by atoms with Crippen LogP contribution in [0.15, 0.2) is 0 Å². The lowest BCUT2D eigenvalue weighted by atomic mass is 9.96. The van der Waals surface area contributed by atoms with E-state index in [2.05, 4.69) is 4.74 Å². The smallest absolute Gasteiger partial charge is 0.345 e. The molecule has 0 atom stereocenters. The van der Waals surface area contributed by atoms with Gasteiger partial charge < -0.3 is 14.4 Å². The van der Waals surface area contributed by atoms with Gasteiger partial charge in [0.25, 0.3) is 0 Å². The van der Waals surface area contributed by atoms with E-state index in [1.807, 2.05) is 0 Å². The minimum absolute atomic E-state index is 0.00116. The molecule has 0 aromatic carbocycles. The third-order valence-corrected chi connectivity index (χ3v) is 3.03. The van der Waals surface area contributed by atoms with E-state index in [4.69, 9.17) is 4.74 Å². The van der Waals surface area contributed by atoms with E-state index >= 15 is 0 Å². The van der Waals surface area contributed by atoms with Gasteiger partial charge in [-0.2, -0.15) is 8.78 Å². The molecule has 16 heavy (non-hydrogen) atoms. The van der Waals surface area contributed by atoms with Crippen molar-refractivity contribution in [1.29, 1.82) is 0 Å². The highest BCUT2D eigenvalue weighted by atomic mass is 19.3. The topological polar surface area (TPSA) is 38.8 Å². The first kappa shape index (κ1) is 11.7. The number of nitrogens with zero attached hydrogens (tertiary/aromatic N) is 1. The summed E-state index contributed by atoms with van der Waals surface area (Å²) in [5, 5.41) is 0. The molecule has 0 unspecified atom stereocenters. The van der Waals surface area contributed by atoms with Crippen molar-refractivity contribution in [1.82, 2.24) is 4.90 Å². The number of hydrogen-bond acceptors (Lipinski definition) is 3. The Morgan fingerprint density at radius 3 is 2.50 bits per heavy atom. The van der Waals surface area contributed by atoms with Crippen molar-refractivity contribution in [3.8, 4) is 0 Å². The molecule has 0 aliphatic carbocycles. The van der Waals surface area contributed by atoms with Gasteiger partial charge in [0.15, 0.2) is 0 Å². The van der Waals surface area contributed by atoms with Gasteiger partial charge in [-0.1, -0.05) is 0 Å². The number of halogens is 2. The Morgan fingerprint density at radius 2 is 1.94 bits per heavy atom. The van der Waals surface area contributed by atoms with Crippen molar-refractivity contribution in [2.24, 2.45) is 5.92 Å². The molecule has 0 aromatic heterocycles. The standard InChI is InChI=1S/C10H15F2NO3/c11-10(12)16-8-5-13(6-8)9(14)7-1-3-15-4-2-7/h7-8,10H,1-6H2. The molecule has 4 nitrogen and oxygen atoms in total. The van der Waals surface area contributed by atoms with Gasteiger partial charge in [-0.15, -0.1) is 0 Å². The predicted molar refractivity (Wildman–Crippen MR) is 51.0 cm³/mol. The first-order valence-electron chi connectivity index (χ1n) is 5.47. The van der Waals surface area contributed by atoms with Gasteiger partial charge in [-0.3, -0.25) is 4.79 Å². The molecule has 2 aliphatic rings. The van der Waals surface area contributed by atoms with E-state index < -0.39 is 12.7 Å². The summed E-state index contributed by atoms with van der Waals surface area (Å²) < 4.78 is 33.2. The van der Waals surface area contributed by atoms with Crippen LogP contribution in [0.2, 0.25) is 0 Å². The number of ether oxygens (including phenoxy) is 2. The van der Waals surface area contributed by atoms with Crippen LogP contribution in [-0.4, -0.2) is 49.8 Å². The van der Waals surface area contributed by atoms with Crippen LogP contribution in [0.5, 0.6) is 0 Å². The molecular formula is C10H15F2NO3. The van der Waals surface area contributed by atoms with Crippen LogP contribution in [0.4, 0.5) is 8.78 Å². The van der Waals surface area contributed by atoms with Gasteiger partial charge in [0.2, 0.25) is 5.91 Å². The van der Waals surface area contributed by atoms with Gasteiger partial charge >= 0.3 is 6.61 Å². The number of carbonyl (C=O) groups excluding carboxylic acids is 1. The minimum atomic E-state index is -2.75. The van der Waals surface area contributed by atoms with E-state index in [-0.39, 0.29) is 11.8 Å². The van der Waals surface area contributed by atoms with Gasteiger partial charge in [-0.25, -0.2) is 0 Å². The summed E-state index contributed by atoms with van der Waals surface area (Å²) in [6, 6.07) is 0. The molecule has 0 bridgehead atoms. The van der Waals surface area contributed by atoms with Gasteiger partial charge in [-0.05, 0) is 12.8 Å². The maximum Gasteiger partial charge on any atom is 0.345 e. The summed E-state index contributed by atoms with van der Waals surface area (Å²) in [4.78, 5) is 13.4. The maximum atomic E-state index is 11.8. The van der Waals surface area contributed by atoms with Crippen molar-refractivity contribution in [2.75, 3.05) is 26.3 Å². The SMILES string of the molecule is O=C(C1CCOCC1)N1CC(OC(F)F)C1. The van der Waals surface area contributed by atoms with Crippen LogP contribution in [-0.2, 0) is 14.3 Å². The van der Waals surface area contributed by atoms with Crippen molar-refractivity contribution in [3.05, 3.63) is 0 Å². The van der Waals surface area contributed by atoms with Crippen LogP contribution in [0.1, 0.15) is 12.8 Å². The molecule has 0 spiro atoms. The summed E-state index contributed by atoms with van der Waals surface area (Å²) >= 11 is 0. The summed E-state index contributed by atoms with van der Waals surface area (Å²) in [5.41, 5.74) is 0. The zero-order valence-corrected chi connectivity index (χ0v) is 8.90. The van der Waals surface area contributed by atoms with Crippen LogP contribution >= 0.6 is 0 Å². The Bertz CT molecular complexity index is 250. The quantitative estimate of drug-likeness (QED) is 0.728. The Kier molecular flexibility index (Phi) is 3.70. The summed E-state index contributed by atoms with van der Waals surface area (Å²) in [7, 11) is 0. The molecule has 6 heteroatoms. The Hall–Kier alpha value is -0.750. The molecule has 0 aromatic rings. The average Bonchev–Trinajstić information content (AvgIpc) is 2.23. The minimum Gasteiger partial charge on any atom is -0.381 e. The number of rotatable bonds is 3. The summed E-state index contributed by atoms with van der Waals surface area (Å²) in [6.07, 6.45) is 0.967. The Balaban J connectivity index is 1.72. The first-order valence-corrected chi connectivity index (χ1v) is 5.47. The molecule has 1 amide bonds. The summed E-state index contributed by atoms with van der Waals surface area (Å²) in [5.74, 6) is 0.0543. The largest absolute Gasteiger partial charge is 0.381 e. The fourth-order valence-corrected chi connectivity index (χ4v) is 2.05. The molecule has 92 valence electrons. The van der Waals surface area contributed by atoms with E-state index in [9.17, 15) is 13.6 Å². The molecular weight excluding hydrogens is 220 g/mol. The number of carbonyl (C=O) groups is 1. The van der Waals surface area contributed by atoms with E-state index in [0.29, 0.717) is 26.3 Å². The second-order valence-electron chi connectivity index (χ2n) is 4.15. The van der Waals surface area contributed by atoms with Crippen LogP contribution in [0.25, 0.3) is 0 Å². The lowest BCUT2D eigenvalue weighted by Crippen LogP contribution is -2.57. The highest BCUT2D eigenvalue weighted by Crippen LogP contribution is 2.22. The lowest BCUT2D eigenvalue weighted by Gasteiger charge is -2.40. The fraction of sp³-hybridized carbons (Fsp3) is 0.900. The second-order valence-corrected chi connectivity index (χ2v) is 4.15. The number of amides is 1. The highest BCUT2D eigenvalue weighted by molar-refractivity contribution is 5.79. The van der Waals surface area contributed by atoms with Gasteiger partial charge in [0.05, 0.1) is 6.10 Å². The van der Waals surface area contributed by atoms with Crippen molar-refractivity contribution >= 4 is 5.91 Å². The molecule has 2 aliphatic heterocycles. The molecule has 2 fully saturated rings. The average molecular weight is 235 g/mol. The number of alkyl halides is 2. The van der Waals surface area contributed by atoms with Crippen molar-refractivity contribution in [3.63, 3.8) is 0 Å². The van der Waals surface area contributed by atoms with Crippen LogP contribution < -0.4 is 0 Å². The molecule has 2 saturated heterocycles. The molecule has 2 heterocycles. The summed E-state index contributed by atoms with van der Waals surface area (Å²) in [6.45, 7) is -0.936. The number of hydrogen-bond donors (Lipinski definition) is 0. The van der Waals surface area contributed by atoms with Gasteiger partial charge in [0.1, 0.15) is 0 Å². The Labute approximate surface area is 92.5 Å². The molecule has 2 rings (SSSR count). The molecule has 0 N–H and O–H groups in total. The Morgan fingerprint density at radius 1 is 1.31 bits per heavy atom. The lowest BCUT2D eigenvalue weighted by molar-refractivity contribution is -0.201.